The van der Waals surface area contributed by atoms with Gasteiger partial charge in [-0.3, -0.25) is 0 Å². The maximum Gasteiger partial charge on any atom is 0.243 e. The van der Waals surface area contributed by atoms with Gasteiger partial charge in [0.2, 0.25) is 10.0 Å². The number of rotatable bonds is 2. The second-order valence-electron chi connectivity index (χ2n) is 5.03. The lowest BCUT2D eigenvalue weighted by atomic mass is 10.1. The zero-order chi connectivity index (χ0) is 14.2. The number of piperazine rings is 1. The summed E-state index contributed by atoms with van der Waals surface area (Å²) in [6.07, 6.45) is 0. The van der Waals surface area contributed by atoms with E-state index < -0.39 is 10.0 Å². The van der Waals surface area contributed by atoms with Gasteiger partial charge in [-0.2, -0.15) is 4.31 Å². The Morgan fingerprint density at radius 2 is 1.74 bits per heavy atom. The number of hydrogen-bond donors (Lipinski definition) is 2. The predicted octanol–water partition coefficient (Wildman–Crippen LogP) is 0.788. The van der Waals surface area contributed by atoms with Crippen LogP contribution in [0.15, 0.2) is 11.0 Å². The van der Waals surface area contributed by atoms with Crippen LogP contribution in [0.2, 0.25) is 0 Å². The van der Waals surface area contributed by atoms with Gasteiger partial charge in [-0.25, -0.2) is 8.42 Å². The van der Waals surface area contributed by atoms with Gasteiger partial charge in [-0.15, -0.1) is 0 Å². The summed E-state index contributed by atoms with van der Waals surface area (Å²) in [6.45, 7) is 7.91. The summed E-state index contributed by atoms with van der Waals surface area (Å²) in [5.74, 6) is 0. The Morgan fingerprint density at radius 3 is 2.32 bits per heavy atom. The molecule has 1 aromatic rings. The topological polar surface area (TPSA) is 75.4 Å². The van der Waals surface area contributed by atoms with Crippen LogP contribution in [-0.2, 0) is 10.0 Å². The van der Waals surface area contributed by atoms with Crippen LogP contribution in [0.1, 0.15) is 16.7 Å². The van der Waals surface area contributed by atoms with Crippen LogP contribution in [-0.4, -0.2) is 38.9 Å². The van der Waals surface area contributed by atoms with Crippen molar-refractivity contribution in [1.82, 2.24) is 9.62 Å². The molecule has 0 amide bonds. The zero-order valence-electron chi connectivity index (χ0n) is 11.7. The molecule has 0 atom stereocenters. The van der Waals surface area contributed by atoms with Crippen molar-refractivity contribution in [3.05, 3.63) is 22.8 Å². The van der Waals surface area contributed by atoms with E-state index in [9.17, 15) is 8.42 Å². The van der Waals surface area contributed by atoms with Crippen molar-refractivity contribution in [3.63, 3.8) is 0 Å². The van der Waals surface area contributed by atoms with Gasteiger partial charge in [-0.1, -0.05) is 6.07 Å². The summed E-state index contributed by atoms with van der Waals surface area (Å²) >= 11 is 0. The van der Waals surface area contributed by atoms with E-state index >= 15 is 0 Å². The van der Waals surface area contributed by atoms with Crippen LogP contribution >= 0.6 is 0 Å². The molecule has 0 unspecified atom stereocenters. The first kappa shape index (κ1) is 14.3. The number of nitrogens with two attached hydrogens (primary N) is 1. The number of aryl methyl sites for hydroxylation is 2. The van der Waals surface area contributed by atoms with Gasteiger partial charge in [0.1, 0.15) is 0 Å². The van der Waals surface area contributed by atoms with E-state index in [1.54, 1.807) is 6.92 Å². The third-order valence-electron chi connectivity index (χ3n) is 3.63. The molecule has 0 aliphatic carbocycles. The summed E-state index contributed by atoms with van der Waals surface area (Å²) in [5, 5.41) is 3.16. The lowest BCUT2D eigenvalue weighted by molar-refractivity contribution is 0.360. The third-order valence-corrected chi connectivity index (χ3v) is 5.82. The molecule has 0 aromatic heterocycles. The van der Waals surface area contributed by atoms with E-state index in [4.69, 9.17) is 5.73 Å². The minimum Gasteiger partial charge on any atom is -0.398 e. The average Bonchev–Trinajstić information content (AvgIpc) is 2.37. The highest BCUT2D eigenvalue weighted by Crippen LogP contribution is 2.30. The summed E-state index contributed by atoms with van der Waals surface area (Å²) in [7, 11) is -3.45. The molecular weight excluding hydrogens is 262 g/mol. The monoisotopic (exact) mass is 283 g/mol. The molecule has 1 aliphatic rings. The Labute approximate surface area is 114 Å². The van der Waals surface area contributed by atoms with Gasteiger partial charge in [0.15, 0.2) is 0 Å². The van der Waals surface area contributed by atoms with Crippen LogP contribution in [0.4, 0.5) is 5.69 Å². The lowest BCUT2D eigenvalue weighted by Gasteiger charge is -2.28. The molecule has 1 fully saturated rings. The summed E-state index contributed by atoms with van der Waals surface area (Å²) in [5.41, 5.74) is 8.91. The van der Waals surface area contributed by atoms with Gasteiger partial charge in [0, 0.05) is 31.9 Å². The molecule has 19 heavy (non-hydrogen) atoms. The molecule has 2 rings (SSSR count). The fourth-order valence-corrected chi connectivity index (χ4v) is 4.48. The van der Waals surface area contributed by atoms with E-state index in [1.807, 2.05) is 19.9 Å². The molecule has 6 heteroatoms. The van der Waals surface area contributed by atoms with Crippen LogP contribution in [0, 0.1) is 20.8 Å². The standard InChI is InChI=1S/C13H21N3O2S/c1-9-8-10(2)13(11(3)12(9)14)19(17,18)16-6-4-15-5-7-16/h8,15H,4-7,14H2,1-3H3. The second-order valence-corrected chi connectivity index (χ2v) is 6.91. The van der Waals surface area contributed by atoms with E-state index in [0.29, 0.717) is 42.3 Å². The Kier molecular flexibility index (Phi) is 3.85. The van der Waals surface area contributed by atoms with Crippen LogP contribution in [0.5, 0.6) is 0 Å². The van der Waals surface area contributed by atoms with Gasteiger partial charge >= 0.3 is 0 Å². The van der Waals surface area contributed by atoms with E-state index in [0.717, 1.165) is 11.1 Å². The first-order chi connectivity index (χ1) is 8.85. The number of nitrogen functional groups attached to an aromatic ring is 1. The molecular formula is C13H21N3O2S. The lowest BCUT2D eigenvalue weighted by Crippen LogP contribution is -2.46. The van der Waals surface area contributed by atoms with Crippen LogP contribution in [0.25, 0.3) is 0 Å². The minimum atomic E-state index is -3.45. The quantitative estimate of drug-likeness (QED) is 0.787. The molecule has 106 valence electrons. The summed E-state index contributed by atoms with van der Waals surface area (Å²) in [6, 6.07) is 1.84. The number of nitrogens with one attached hydrogen (secondary N) is 1. The Balaban J connectivity index is 2.54. The molecule has 1 aromatic carbocycles. The Bertz CT molecular complexity index is 590. The van der Waals surface area contributed by atoms with Crippen molar-refractivity contribution in [3.8, 4) is 0 Å². The average molecular weight is 283 g/mol. The van der Waals surface area contributed by atoms with Crippen LogP contribution < -0.4 is 11.1 Å². The van der Waals surface area contributed by atoms with Gasteiger partial charge in [0.25, 0.3) is 0 Å². The van der Waals surface area contributed by atoms with Gasteiger partial charge < -0.3 is 11.1 Å². The molecule has 0 spiro atoms. The maximum absolute atomic E-state index is 12.7. The van der Waals surface area contributed by atoms with Crippen molar-refractivity contribution in [1.29, 1.82) is 0 Å². The molecule has 0 saturated carbocycles. The number of hydrogen-bond acceptors (Lipinski definition) is 4. The molecule has 1 heterocycles. The molecule has 1 saturated heterocycles. The normalized spacial score (nSPS) is 17.6. The second kappa shape index (κ2) is 5.11. The molecule has 5 nitrogen and oxygen atoms in total. The largest absolute Gasteiger partial charge is 0.398 e. The van der Waals surface area contributed by atoms with E-state index in [1.165, 1.54) is 4.31 Å². The van der Waals surface area contributed by atoms with Gasteiger partial charge in [-0.05, 0) is 37.5 Å². The zero-order valence-corrected chi connectivity index (χ0v) is 12.5. The Morgan fingerprint density at radius 1 is 1.16 bits per heavy atom. The molecule has 0 radical (unpaired) electrons. The van der Waals surface area contributed by atoms with Crippen molar-refractivity contribution in [2.75, 3.05) is 31.9 Å². The van der Waals surface area contributed by atoms with Crippen molar-refractivity contribution in [2.24, 2.45) is 0 Å². The predicted molar refractivity (Wildman–Crippen MR) is 76.7 cm³/mol. The summed E-state index contributed by atoms with van der Waals surface area (Å²) < 4.78 is 27.0. The Hall–Kier alpha value is -1.11. The summed E-state index contributed by atoms with van der Waals surface area (Å²) in [4.78, 5) is 0.373. The van der Waals surface area contributed by atoms with Crippen molar-refractivity contribution < 1.29 is 8.42 Å². The van der Waals surface area contributed by atoms with E-state index in [2.05, 4.69) is 5.32 Å². The highest BCUT2D eigenvalue weighted by Gasteiger charge is 2.29. The minimum absolute atomic E-state index is 0.373. The van der Waals surface area contributed by atoms with Crippen molar-refractivity contribution >= 4 is 15.7 Å². The fourth-order valence-electron chi connectivity index (χ4n) is 2.59. The first-order valence-corrected chi connectivity index (χ1v) is 7.87. The number of benzene rings is 1. The maximum atomic E-state index is 12.7. The van der Waals surface area contributed by atoms with Crippen LogP contribution in [0.3, 0.4) is 0 Å². The molecule has 1 aliphatic heterocycles. The molecule has 3 N–H and O–H groups in total. The first-order valence-electron chi connectivity index (χ1n) is 6.43. The fraction of sp³-hybridized carbons (Fsp3) is 0.538. The SMILES string of the molecule is Cc1cc(C)c(S(=O)(=O)N2CCNCC2)c(C)c1N. The highest BCUT2D eigenvalue weighted by atomic mass is 32.2. The number of anilines is 1. The highest BCUT2D eigenvalue weighted by molar-refractivity contribution is 7.89. The third kappa shape index (κ3) is 2.48. The number of nitrogens with zero attached hydrogens (tertiary/aromatic N) is 1. The van der Waals surface area contributed by atoms with Gasteiger partial charge in [0.05, 0.1) is 4.90 Å². The van der Waals surface area contributed by atoms with E-state index in [-0.39, 0.29) is 0 Å². The number of sulfonamides is 1. The molecule has 0 bridgehead atoms. The van der Waals surface area contributed by atoms with Crippen molar-refractivity contribution in [2.45, 2.75) is 25.7 Å². The smallest absolute Gasteiger partial charge is 0.243 e.